The van der Waals surface area contributed by atoms with E-state index in [4.69, 9.17) is 4.74 Å². The van der Waals surface area contributed by atoms with Crippen LogP contribution in [0.3, 0.4) is 0 Å². The number of alkyl halides is 2. The van der Waals surface area contributed by atoms with E-state index < -0.39 is 23.1 Å². The van der Waals surface area contributed by atoms with Crippen molar-refractivity contribution in [3.63, 3.8) is 0 Å². The van der Waals surface area contributed by atoms with E-state index in [1.54, 1.807) is 50.2 Å². The fourth-order valence-electron chi connectivity index (χ4n) is 4.64. The number of hydrogen-bond donors (Lipinski definition) is 0. The number of aldehydes is 1. The van der Waals surface area contributed by atoms with Crippen molar-refractivity contribution in [2.45, 2.75) is 51.4 Å². The molecule has 4 aromatic rings. The first kappa shape index (κ1) is 29.9. The van der Waals surface area contributed by atoms with Crippen molar-refractivity contribution in [2.24, 2.45) is 0 Å². The maximum Gasteiger partial charge on any atom is 0.272 e. The first-order chi connectivity index (χ1) is 19.3. The fraction of sp³-hybridized carbons (Fsp3) is 0.242. The smallest absolute Gasteiger partial charge is 0.272 e. The molecule has 41 heavy (non-hydrogen) atoms. The maximum atomic E-state index is 13.9. The number of ether oxygens (including phenoxy) is 1. The van der Waals surface area contributed by atoms with Gasteiger partial charge < -0.3 is 4.74 Å². The van der Waals surface area contributed by atoms with E-state index in [0.717, 1.165) is 5.56 Å². The molecular weight excluding hydrogens is 544 g/mol. The van der Waals surface area contributed by atoms with Crippen molar-refractivity contribution in [3.05, 3.63) is 96.2 Å². The van der Waals surface area contributed by atoms with Gasteiger partial charge in [-0.3, -0.25) is 4.79 Å². The molecule has 1 aromatic heterocycles. The molecule has 0 atom stereocenters. The summed E-state index contributed by atoms with van der Waals surface area (Å²) in [5.41, 5.74) is 4.49. The number of carbonyl (C=O) groups is 1. The molecule has 0 aliphatic heterocycles. The number of fused-ring (bicyclic) bond motifs is 1. The van der Waals surface area contributed by atoms with Gasteiger partial charge in [-0.15, -0.1) is 0 Å². The van der Waals surface area contributed by atoms with Crippen LogP contribution in [-0.4, -0.2) is 31.7 Å². The predicted molar refractivity (Wildman–Crippen MR) is 161 cm³/mol. The minimum atomic E-state index is -4.03. The van der Waals surface area contributed by atoms with E-state index in [1.165, 1.54) is 28.4 Å². The van der Waals surface area contributed by atoms with Crippen LogP contribution in [0.4, 0.5) is 8.78 Å². The number of allylic oxidation sites excluding steroid dienone is 3. The summed E-state index contributed by atoms with van der Waals surface area (Å²) in [6.45, 7) is 12.9. The van der Waals surface area contributed by atoms with Crippen LogP contribution in [0, 0.1) is 0 Å². The Morgan fingerprint density at radius 2 is 1.71 bits per heavy atom. The zero-order valence-electron chi connectivity index (χ0n) is 23.7. The third kappa shape index (κ3) is 6.03. The summed E-state index contributed by atoms with van der Waals surface area (Å²) in [6.07, 6.45) is 0.906. The summed E-state index contributed by atoms with van der Waals surface area (Å²) in [4.78, 5) is 11.3. The zero-order valence-corrected chi connectivity index (χ0v) is 24.6. The molecule has 0 amide bonds. The number of carbonyl (C=O) groups excluding carboxylic acids is 1. The fourth-order valence-corrected chi connectivity index (χ4v) is 6.03. The lowest BCUT2D eigenvalue weighted by molar-refractivity contribution is -0.104. The van der Waals surface area contributed by atoms with E-state index >= 15 is 0 Å². The molecule has 0 spiro atoms. The van der Waals surface area contributed by atoms with Crippen molar-refractivity contribution >= 4 is 38.4 Å². The Balaban J connectivity index is 2.16. The molecular formula is C33H33F2NO4S. The van der Waals surface area contributed by atoms with Gasteiger partial charge in [-0.05, 0) is 84.0 Å². The number of benzene rings is 3. The second kappa shape index (κ2) is 11.4. The van der Waals surface area contributed by atoms with E-state index in [1.807, 2.05) is 32.9 Å². The summed E-state index contributed by atoms with van der Waals surface area (Å²) in [7, 11) is -4.03. The van der Waals surface area contributed by atoms with E-state index in [0.29, 0.717) is 50.6 Å². The summed E-state index contributed by atoms with van der Waals surface area (Å²) in [5, 5.41) is 0.557. The molecule has 0 radical (unpaired) electrons. The van der Waals surface area contributed by atoms with Gasteiger partial charge in [-0.1, -0.05) is 51.6 Å². The van der Waals surface area contributed by atoms with Gasteiger partial charge in [0.15, 0.2) is 0 Å². The van der Waals surface area contributed by atoms with Crippen LogP contribution in [0.15, 0.2) is 84.4 Å². The number of nitrogens with zero attached hydrogens (tertiary/aromatic N) is 1. The van der Waals surface area contributed by atoms with E-state index in [9.17, 15) is 22.0 Å². The van der Waals surface area contributed by atoms with Crippen LogP contribution in [-0.2, 0) is 20.2 Å². The third-order valence-corrected chi connectivity index (χ3v) is 8.59. The largest absolute Gasteiger partial charge is 0.486 e. The Morgan fingerprint density at radius 1 is 1.02 bits per heavy atom. The predicted octanol–water partition coefficient (Wildman–Crippen LogP) is 8.12. The van der Waals surface area contributed by atoms with Gasteiger partial charge in [0.25, 0.3) is 16.4 Å². The Hall–Kier alpha value is -4.04. The molecule has 0 fully saturated rings. The first-order valence-corrected chi connectivity index (χ1v) is 14.5. The lowest BCUT2D eigenvalue weighted by Gasteiger charge is -2.24. The van der Waals surface area contributed by atoms with Crippen LogP contribution < -0.4 is 4.74 Å². The highest BCUT2D eigenvalue weighted by Crippen LogP contribution is 2.44. The highest BCUT2D eigenvalue weighted by Gasteiger charge is 2.27. The zero-order chi connectivity index (χ0) is 30.1. The second-order valence-electron chi connectivity index (χ2n) is 11.0. The van der Waals surface area contributed by atoms with Gasteiger partial charge >= 0.3 is 0 Å². The van der Waals surface area contributed by atoms with E-state index in [2.05, 4.69) is 6.58 Å². The van der Waals surface area contributed by atoms with Crippen molar-refractivity contribution in [1.29, 1.82) is 0 Å². The third-order valence-electron chi connectivity index (χ3n) is 6.90. The van der Waals surface area contributed by atoms with Gasteiger partial charge in [-0.2, -0.15) is 0 Å². The highest BCUT2D eigenvalue weighted by atomic mass is 32.2. The quantitative estimate of drug-likeness (QED) is 0.149. The molecule has 8 heteroatoms. The molecule has 0 saturated carbocycles. The SMILES string of the molecule is C=C(C)c1cc(C(C)(C)C)cc(-c2cn(S(=O)(=O)c3ccccc3)c3ccc(/C(C)=C/C=O)cc23)c1OCC(F)F. The lowest BCUT2D eigenvalue weighted by Crippen LogP contribution is -2.14. The van der Waals surface area contributed by atoms with Crippen LogP contribution in [0.1, 0.15) is 51.3 Å². The lowest BCUT2D eigenvalue weighted by atomic mass is 9.82. The molecule has 3 aromatic carbocycles. The van der Waals surface area contributed by atoms with Crippen molar-refractivity contribution < 1.29 is 26.7 Å². The van der Waals surface area contributed by atoms with Crippen molar-refractivity contribution in [1.82, 2.24) is 3.97 Å². The Bertz CT molecular complexity index is 1760. The van der Waals surface area contributed by atoms with Crippen molar-refractivity contribution in [3.8, 4) is 16.9 Å². The van der Waals surface area contributed by atoms with Crippen LogP contribution in [0.2, 0.25) is 0 Å². The minimum Gasteiger partial charge on any atom is -0.486 e. The highest BCUT2D eigenvalue weighted by molar-refractivity contribution is 7.90. The Kier molecular flexibility index (Phi) is 8.36. The van der Waals surface area contributed by atoms with Crippen LogP contribution in [0.5, 0.6) is 5.75 Å². The molecule has 0 N–H and O–H groups in total. The summed E-state index contributed by atoms with van der Waals surface area (Å²) >= 11 is 0. The minimum absolute atomic E-state index is 0.102. The summed E-state index contributed by atoms with van der Waals surface area (Å²) < 4.78 is 61.5. The number of hydrogen-bond acceptors (Lipinski definition) is 4. The molecule has 0 aliphatic carbocycles. The monoisotopic (exact) mass is 577 g/mol. The molecule has 4 rings (SSSR count). The van der Waals surface area contributed by atoms with Gasteiger partial charge in [0.1, 0.15) is 18.6 Å². The second-order valence-corrected chi connectivity index (χ2v) is 12.8. The van der Waals surface area contributed by atoms with Gasteiger partial charge in [0.2, 0.25) is 0 Å². The number of halogens is 2. The van der Waals surface area contributed by atoms with Gasteiger partial charge in [-0.25, -0.2) is 21.2 Å². The molecule has 1 heterocycles. The van der Waals surface area contributed by atoms with Gasteiger partial charge in [0.05, 0.1) is 10.4 Å². The van der Waals surface area contributed by atoms with Crippen LogP contribution in [0.25, 0.3) is 33.2 Å². The summed E-state index contributed by atoms with van der Waals surface area (Å²) in [6, 6.07) is 17.0. The Labute approximate surface area is 239 Å². The molecule has 5 nitrogen and oxygen atoms in total. The molecule has 0 unspecified atom stereocenters. The summed E-state index contributed by atoms with van der Waals surface area (Å²) in [5.74, 6) is 0.201. The van der Waals surface area contributed by atoms with Crippen LogP contribution >= 0.6 is 0 Å². The molecule has 0 saturated heterocycles. The molecule has 0 aliphatic rings. The average molecular weight is 578 g/mol. The van der Waals surface area contributed by atoms with E-state index in [-0.39, 0.29) is 16.1 Å². The number of aromatic nitrogens is 1. The standard InChI is InChI=1S/C33H33F2NO4S/c1-21(2)26-17-24(33(4,5)6)18-28(32(26)40-20-31(34)35)29-19-36(41(38,39)25-10-8-7-9-11-25)30-13-12-23(16-27(29)30)22(3)14-15-37/h7-19,31H,1,20H2,2-6H3/b22-14+. The maximum absolute atomic E-state index is 13.9. The van der Waals surface area contributed by atoms with Gasteiger partial charge in [0, 0.05) is 28.3 Å². The topological polar surface area (TPSA) is 65.4 Å². The molecule has 0 bridgehead atoms. The normalized spacial score (nSPS) is 12.6. The number of rotatable bonds is 9. The first-order valence-electron chi connectivity index (χ1n) is 13.1. The Morgan fingerprint density at radius 3 is 2.29 bits per heavy atom. The van der Waals surface area contributed by atoms with Crippen molar-refractivity contribution in [2.75, 3.05) is 6.61 Å². The average Bonchev–Trinajstić information content (AvgIpc) is 3.31. The molecule has 214 valence electrons.